The minimum absolute atomic E-state index is 0.255. The molecule has 20 heavy (non-hydrogen) atoms. The summed E-state index contributed by atoms with van der Waals surface area (Å²) in [5.74, 6) is 0.406. The summed E-state index contributed by atoms with van der Waals surface area (Å²) in [5, 5.41) is 11.1. The summed E-state index contributed by atoms with van der Waals surface area (Å²) in [6.45, 7) is 0. The molecule has 1 aromatic heterocycles. The average molecular weight is 279 g/mol. The lowest BCUT2D eigenvalue weighted by Crippen LogP contribution is -2.47. The Bertz CT molecular complexity index is 494. The van der Waals surface area contributed by atoms with E-state index in [9.17, 15) is 5.11 Å². The van der Waals surface area contributed by atoms with Gasteiger partial charge in [-0.3, -0.25) is 0 Å². The van der Waals surface area contributed by atoms with Gasteiger partial charge in [0, 0.05) is 18.3 Å². The Morgan fingerprint density at radius 2 is 1.90 bits per heavy atom. The van der Waals surface area contributed by atoms with Crippen molar-refractivity contribution in [1.82, 2.24) is 14.9 Å². The van der Waals surface area contributed by atoms with E-state index in [4.69, 9.17) is 9.47 Å². The molecule has 2 aliphatic heterocycles. The zero-order chi connectivity index (χ0) is 14.3. The summed E-state index contributed by atoms with van der Waals surface area (Å²) >= 11 is 0. The minimum Gasteiger partial charge on any atom is -0.481 e. The Hall–Kier alpha value is -1.40. The van der Waals surface area contributed by atoms with Crippen molar-refractivity contribution in [1.29, 1.82) is 0 Å². The van der Waals surface area contributed by atoms with E-state index in [2.05, 4.69) is 21.9 Å². The number of aliphatic hydroxyl groups is 1. The van der Waals surface area contributed by atoms with E-state index in [0.29, 0.717) is 36.4 Å². The van der Waals surface area contributed by atoms with Crippen molar-refractivity contribution >= 4 is 0 Å². The maximum absolute atomic E-state index is 11.1. The Morgan fingerprint density at radius 1 is 1.25 bits per heavy atom. The molecule has 0 aromatic carbocycles. The van der Waals surface area contributed by atoms with Gasteiger partial charge in [-0.05, 0) is 32.7 Å². The number of hydrogen-bond acceptors (Lipinski definition) is 6. The summed E-state index contributed by atoms with van der Waals surface area (Å²) < 4.78 is 10.3. The fraction of sp³-hybridized carbons (Fsp3) is 0.714. The second-order valence-electron chi connectivity index (χ2n) is 5.77. The van der Waals surface area contributed by atoms with Crippen LogP contribution < -0.4 is 9.47 Å². The minimum atomic E-state index is -0.907. The first-order valence-corrected chi connectivity index (χ1v) is 6.97. The molecular formula is C14H21N3O3. The smallest absolute Gasteiger partial charge is 0.319 e. The molecule has 1 aromatic rings. The van der Waals surface area contributed by atoms with Gasteiger partial charge in [-0.15, -0.1) is 0 Å². The first kappa shape index (κ1) is 13.6. The molecule has 0 amide bonds. The van der Waals surface area contributed by atoms with Crippen molar-refractivity contribution in [3.63, 3.8) is 0 Å². The van der Waals surface area contributed by atoms with Crippen molar-refractivity contribution in [2.75, 3.05) is 21.3 Å². The van der Waals surface area contributed by atoms with Crippen LogP contribution in [-0.4, -0.2) is 53.3 Å². The topological polar surface area (TPSA) is 67.7 Å². The Labute approximate surface area is 118 Å². The number of hydrogen-bond donors (Lipinski definition) is 1. The van der Waals surface area contributed by atoms with Crippen molar-refractivity contribution in [3.05, 3.63) is 11.8 Å². The quantitative estimate of drug-likeness (QED) is 0.888. The van der Waals surface area contributed by atoms with Crippen LogP contribution in [0.25, 0.3) is 0 Å². The highest BCUT2D eigenvalue weighted by Gasteiger charge is 2.48. The molecule has 0 saturated carbocycles. The van der Waals surface area contributed by atoms with E-state index in [-0.39, 0.29) is 6.01 Å². The third-order valence-corrected chi connectivity index (χ3v) is 4.74. The van der Waals surface area contributed by atoms with Crippen LogP contribution in [0.3, 0.4) is 0 Å². The molecular weight excluding hydrogens is 258 g/mol. The van der Waals surface area contributed by atoms with E-state index in [0.717, 1.165) is 12.8 Å². The summed E-state index contributed by atoms with van der Waals surface area (Å²) in [5.41, 5.74) is -0.235. The van der Waals surface area contributed by atoms with Gasteiger partial charge in [0.2, 0.25) is 5.88 Å². The Kier molecular flexibility index (Phi) is 3.30. The van der Waals surface area contributed by atoms with Crippen molar-refractivity contribution in [2.24, 2.45) is 0 Å². The van der Waals surface area contributed by atoms with Gasteiger partial charge in [-0.25, -0.2) is 4.98 Å². The summed E-state index contributed by atoms with van der Waals surface area (Å²) in [4.78, 5) is 10.7. The van der Waals surface area contributed by atoms with Gasteiger partial charge in [-0.2, -0.15) is 4.98 Å². The van der Waals surface area contributed by atoms with Crippen LogP contribution in [0.4, 0.5) is 0 Å². The SMILES string of the molecule is COc1ncc(C2(O)CC3CCC(C2)N3C)c(OC)n1. The fourth-order valence-corrected chi connectivity index (χ4v) is 3.59. The Balaban J connectivity index is 1.96. The lowest BCUT2D eigenvalue weighted by molar-refractivity contribution is -0.0512. The molecule has 2 saturated heterocycles. The largest absolute Gasteiger partial charge is 0.481 e. The molecule has 2 bridgehead atoms. The predicted molar refractivity (Wildman–Crippen MR) is 72.8 cm³/mol. The zero-order valence-corrected chi connectivity index (χ0v) is 12.2. The Morgan fingerprint density at radius 3 is 2.45 bits per heavy atom. The van der Waals surface area contributed by atoms with Crippen LogP contribution in [0.5, 0.6) is 11.9 Å². The van der Waals surface area contributed by atoms with E-state index in [1.807, 2.05) is 0 Å². The van der Waals surface area contributed by atoms with Gasteiger partial charge < -0.3 is 19.5 Å². The van der Waals surface area contributed by atoms with Gasteiger partial charge >= 0.3 is 6.01 Å². The number of nitrogens with zero attached hydrogens (tertiary/aromatic N) is 3. The maximum Gasteiger partial charge on any atom is 0.319 e. The van der Waals surface area contributed by atoms with Crippen molar-refractivity contribution in [3.8, 4) is 11.9 Å². The third-order valence-electron chi connectivity index (χ3n) is 4.74. The van der Waals surface area contributed by atoms with Crippen LogP contribution in [0.1, 0.15) is 31.2 Å². The molecule has 2 fully saturated rings. The van der Waals surface area contributed by atoms with Crippen molar-refractivity contribution < 1.29 is 14.6 Å². The second kappa shape index (κ2) is 4.86. The molecule has 3 rings (SSSR count). The summed E-state index contributed by atoms with van der Waals surface area (Å²) in [7, 11) is 5.21. The number of rotatable bonds is 3. The number of piperidine rings is 1. The molecule has 0 aliphatic carbocycles. The summed E-state index contributed by atoms with van der Waals surface area (Å²) in [6, 6.07) is 1.10. The molecule has 2 aliphatic rings. The van der Waals surface area contributed by atoms with E-state index >= 15 is 0 Å². The highest BCUT2D eigenvalue weighted by Crippen LogP contribution is 2.46. The zero-order valence-electron chi connectivity index (χ0n) is 12.2. The first-order chi connectivity index (χ1) is 9.57. The lowest BCUT2D eigenvalue weighted by atomic mass is 9.81. The van der Waals surface area contributed by atoms with Gasteiger partial charge in [0.25, 0.3) is 0 Å². The normalized spacial score (nSPS) is 33.2. The highest BCUT2D eigenvalue weighted by molar-refractivity contribution is 5.33. The standard InChI is InChI=1S/C14H21N3O3/c1-17-9-4-5-10(17)7-14(18,6-9)11-8-15-13(20-3)16-12(11)19-2/h8-10,18H,4-7H2,1-3H3. The molecule has 1 N–H and O–H groups in total. The van der Waals surface area contributed by atoms with Gasteiger partial charge in [0.1, 0.15) is 0 Å². The first-order valence-electron chi connectivity index (χ1n) is 6.97. The van der Waals surface area contributed by atoms with Gasteiger partial charge in [-0.1, -0.05) is 0 Å². The molecule has 6 nitrogen and oxygen atoms in total. The third kappa shape index (κ3) is 2.03. The molecule has 2 unspecified atom stereocenters. The average Bonchev–Trinajstić information content (AvgIpc) is 2.69. The van der Waals surface area contributed by atoms with Crippen LogP contribution in [-0.2, 0) is 5.60 Å². The monoisotopic (exact) mass is 279 g/mol. The van der Waals surface area contributed by atoms with Gasteiger partial charge in [0.05, 0.1) is 25.4 Å². The second-order valence-corrected chi connectivity index (χ2v) is 5.77. The number of ether oxygens (including phenoxy) is 2. The molecule has 2 atom stereocenters. The molecule has 110 valence electrons. The number of methoxy groups -OCH3 is 2. The van der Waals surface area contributed by atoms with Crippen LogP contribution in [0.2, 0.25) is 0 Å². The van der Waals surface area contributed by atoms with Gasteiger partial charge in [0.15, 0.2) is 0 Å². The molecule has 3 heterocycles. The van der Waals surface area contributed by atoms with E-state index < -0.39 is 5.60 Å². The maximum atomic E-state index is 11.1. The van der Waals surface area contributed by atoms with Crippen molar-refractivity contribution in [2.45, 2.75) is 43.4 Å². The fourth-order valence-electron chi connectivity index (χ4n) is 3.59. The number of aromatic nitrogens is 2. The lowest BCUT2D eigenvalue weighted by Gasteiger charge is -2.42. The summed E-state index contributed by atoms with van der Waals surface area (Å²) in [6.07, 6.45) is 5.32. The van der Waals surface area contributed by atoms with Crippen LogP contribution >= 0.6 is 0 Å². The predicted octanol–water partition coefficient (Wildman–Crippen LogP) is 0.938. The van der Waals surface area contributed by atoms with E-state index in [1.165, 1.54) is 7.11 Å². The molecule has 0 spiro atoms. The molecule has 6 heteroatoms. The number of fused-ring (bicyclic) bond motifs is 2. The van der Waals surface area contributed by atoms with Crippen LogP contribution in [0.15, 0.2) is 6.20 Å². The highest BCUT2D eigenvalue weighted by atomic mass is 16.5. The molecule has 0 radical (unpaired) electrons. The van der Waals surface area contributed by atoms with E-state index in [1.54, 1.807) is 13.3 Å². The van der Waals surface area contributed by atoms with Crippen LogP contribution in [0, 0.1) is 0 Å².